The second kappa shape index (κ2) is 2.83. The summed E-state index contributed by atoms with van der Waals surface area (Å²) in [6.45, 7) is 0.656. The molecule has 62 valence electrons. The fourth-order valence-electron chi connectivity index (χ4n) is 1.25. The van der Waals surface area contributed by atoms with Crippen LogP contribution in [-0.4, -0.2) is 11.7 Å². The standard InChI is InChI=1S/C9H8BrNO/c10-7-5-11-8-4-2-1-3-6(8)9(7)12/h1-4,11-12H,5H2. The Bertz CT molecular complexity index is 346. The lowest BCUT2D eigenvalue weighted by Crippen LogP contribution is -2.10. The van der Waals surface area contributed by atoms with E-state index in [4.69, 9.17) is 0 Å². The molecule has 0 atom stereocenters. The molecule has 0 amide bonds. The van der Waals surface area contributed by atoms with Crippen LogP contribution in [0.4, 0.5) is 5.69 Å². The molecule has 1 aliphatic heterocycles. The molecule has 3 heteroatoms. The number of benzene rings is 1. The lowest BCUT2D eigenvalue weighted by atomic mass is 10.1. The van der Waals surface area contributed by atoms with Crippen molar-refractivity contribution in [1.29, 1.82) is 0 Å². The molecule has 0 radical (unpaired) electrons. The number of anilines is 1. The number of aliphatic hydroxyl groups is 1. The predicted octanol–water partition coefficient (Wildman–Crippen LogP) is 2.73. The van der Waals surface area contributed by atoms with Crippen LogP contribution in [0.5, 0.6) is 0 Å². The third kappa shape index (κ3) is 1.10. The Balaban J connectivity index is 2.59. The number of aliphatic hydroxyl groups excluding tert-OH is 1. The first-order chi connectivity index (χ1) is 5.79. The van der Waals surface area contributed by atoms with Gasteiger partial charge in [0.1, 0.15) is 5.76 Å². The van der Waals surface area contributed by atoms with E-state index < -0.39 is 0 Å². The topological polar surface area (TPSA) is 32.3 Å². The van der Waals surface area contributed by atoms with Gasteiger partial charge in [-0.2, -0.15) is 0 Å². The third-order valence-corrected chi connectivity index (χ3v) is 2.53. The molecule has 2 rings (SSSR count). The van der Waals surface area contributed by atoms with Crippen molar-refractivity contribution in [3.05, 3.63) is 34.3 Å². The Hall–Kier alpha value is -0.960. The van der Waals surface area contributed by atoms with Crippen molar-refractivity contribution >= 4 is 27.4 Å². The Labute approximate surface area is 79.0 Å². The fraction of sp³-hybridized carbons (Fsp3) is 0.111. The number of hydrogen-bond donors (Lipinski definition) is 2. The van der Waals surface area contributed by atoms with E-state index in [1.807, 2.05) is 24.3 Å². The molecule has 1 aliphatic rings. The van der Waals surface area contributed by atoms with Gasteiger partial charge < -0.3 is 10.4 Å². The Morgan fingerprint density at radius 2 is 2.08 bits per heavy atom. The largest absolute Gasteiger partial charge is 0.506 e. The molecule has 0 fully saturated rings. The van der Waals surface area contributed by atoms with E-state index in [0.717, 1.165) is 15.7 Å². The molecule has 0 spiro atoms. The molecule has 2 nitrogen and oxygen atoms in total. The molecule has 0 saturated carbocycles. The predicted molar refractivity (Wildman–Crippen MR) is 53.4 cm³/mol. The van der Waals surface area contributed by atoms with Crippen molar-refractivity contribution in [2.24, 2.45) is 0 Å². The Kier molecular flexibility index (Phi) is 1.81. The van der Waals surface area contributed by atoms with Crippen molar-refractivity contribution in [3.63, 3.8) is 0 Å². The summed E-state index contributed by atoms with van der Waals surface area (Å²) in [5, 5.41) is 12.8. The number of rotatable bonds is 0. The molecular weight excluding hydrogens is 218 g/mol. The maximum absolute atomic E-state index is 9.62. The van der Waals surface area contributed by atoms with Gasteiger partial charge in [0.2, 0.25) is 0 Å². The smallest absolute Gasteiger partial charge is 0.136 e. The van der Waals surface area contributed by atoms with Gasteiger partial charge in [-0.25, -0.2) is 0 Å². The second-order valence-corrected chi connectivity index (χ2v) is 3.61. The average Bonchev–Trinajstić information content (AvgIpc) is 2.12. The van der Waals surface area contributed by atoms with Crippen LogP contribution in [0.25, 0.3) is 5.76 Å². The number of halogens is 1. The molecule has 1 aromatic rings. The zero-order chi connectivity index (χ0) is 8.55. The highest BCUT2D eigenvalue weighted by Gasteiger charge is 2.14. The second-order valence-electron chi connectivity index (χ2n) is 2.65. The van der Waals surface area contributed by atoms with Crippen molar-refractivity contribution < 1.29 is 5.11 Å². The van der Waals surface area contributed by atoms with Gasteiger partial charge in [-0.15, -0.1) is 0 Å². The maximum atomic E-state index is 9.62. The maximum Gasteiger partial charge on any atom is 0.136 e. The van der Waals surface area contributed by atoms with Crippen LogP contribution < -0.4 is 5.32 Å². The van der Waals surface area contributed by atoms with Crippen LogP contribution in [0.3, 0.4) is 0 Å². The van der Waals surface area contributed by atoms with Gasteiger partial charge in [0.25, 0.3) is 0 Å². The van der Waals surface area contributed by atoms with Gasteiger partial charge >= 0.3 is 0 Å². The first-order valence-corrected chi connectivity index (χ1v) is 4.49. The van der Waals surface area contributed by atoms with Gasteiger partial charge in [-0.05, 0) is 28.1 Å². The minimum atomic E-state index is 0.337. The van der Waals surface area contributed by atoms with Crippen molar-refractivity contribution in [2.45, 2.75) is 0 Å². The molecule has 0 unspecified atom stereocenters. The SMILES string of the molecule is OC1=C(Br)CNc2ccccc21. The van der Waals surface area contributed by atoms with E-state index in [1.54, 1.807) is 0 Å². The lowest BCUT2D eigenvalue weighted by Gasteiger charge is -2.17. The summed E-state index contributed by atoms with van der Waals surface area (Å²) >= 11 is 3.29. The highest BCUT2D eigenvalue weighted by Crippen LogP contribution is 2.30. The van der Waals surface area contributed by atoms with Gasteiger partial charge in [0.05, 0.1) is 11.0 Å². The number of hydrogen-bond acceptors (Lipinski definition) is 2. The molecule has 0 aromatic heterocycles. The van der Waals surface area contributed by atoms with E-state index in [1.165, 1.54) is 0 Å². The molecule has 2 N–H and O–H groups in total. The normalized spacial score (nSPS) is 15.4. The van der Waals surface area contributed by atoms with Crippen LogP contribution in [0, 0.1) is 0 Å². The highest BCUT2D eigenvalue weighted by atomic mass is 79.9. The summed E-state index contributed by atoms with van der Waals surface area (Å²) in [7, 11) is 0. The van der Waals surface area contributed by atoms with Gasteiger partial charge in [-0.1, -0.05) is 12.1 Å². The Morgan fingerprint density at radius 1 is 1.33 bits per heavy atom. The molecule has 0 aliphatic carbocycles. The molecule has 0 saturated heterocycles. The molecule has 12 heavy (non-hydrogen) atoms. The summed E-state index contributed by atoms with van der Waals surface area (Å²) in [5.41, 5.74) is 1.84. The fourth-order valence-corrected chi connectivity index (χ4v) is 1.60. The van der Waals surface area contributed by atoms with Crippen LogP contribution in [-0.2, 0) is 0 Å². The zero-order valence-electron chi connectivity index (χ0n) is 6.34. The summed E-state index contributed by atoms with van der Waals surface area (Å²) in [6, 6.07) is 7.68. The van der Waals surface area contributed by atoms with E-state index in [0.29, 0.717) is 12.3 Å². The summed E-state index contributed by atoms with van der Waals surface area (Å²) < 4.78 is 0.807. The molecule has 1 aromatic carbocycles. The van der Waals surface area contributed by atoms with E-state index in [-0.39, 0.29) is 0 Å². The van der Waals surface area contributed by atoms with E-state index in [9.17, 15) is 5.11 Å². The van der Waals surface area contributed by atoms with E-state index >= 15 is 0 Å². The van der Waals surface area contributed by atoms with Gasteiger partial charge in [0, 0.05) is 11.3 Å². The molecular formula is C9H8BrNO. The third-order valence-electron chi connectivity index (χ3n) is 1.87. The number of para-hydroxylation sites is 1. The van der Waals surface area contributed by atoms with Crippen LogP contribution in [0.2, 0.25) is 0 Å². The zero-order valence-corrected chi connectivity index (χ0v) is 7.93. The van der Waals surface area contributed by atoms with Gasteiger partial charge in [-0.3, -0.25) is 0 Å². The summed E-state index contributed by atoms with van der Waals surface area (Å²) in [5.74, 6) is 0.337. The quantitative estimate of drug-likeness (QED) is 0.712. The van der Waals surface area contributed by atoms with Crippen molar-refractivity contribution in [3.8, 4) is 0 Å². The summed E-state index contributed by atoms with van der Waals surface area (Å²) in [4.78, 5) is 0. The molecule has 0 bridgehead atoms. The minimum absolute atomic E-state index is 0.337. The van der Waals surface area contributed by atoms with Crippen molar-refractivity contribution in [1.82, 2.24) is 0 Å². The summed E-state index contributed by atoms with van der Waals surface area (Å²) in [6.07, 6.45) is 0. The minimum Gasteiger partial charge on any atom is -0.506 e. The lowest BCUT2D eigenvalue weighted by molar-refractivity contribution is 0.508. The van der Waals surface area contributed by atoms with E-state index in [2.05, 4.69) is 21.2 Å². The molecule has 1 heterocycles. The van der Waals surface area contributed by atoms with Crippen LogP contribution in [0.15, 0.2) is 28.7 Å². The first-order valence-electron chi connectivity index (χ1n) is 3.70. The highest BCUT2D eigenvalue weighted by molar-refractivity contribution is 9.11. The number of fused-ring (bicyclic) bond motifs is 1. The van der Waals surface area contributed by atoms with Crippen LogP contribution in [0.1, 0.15) is 5.56 Å². The van der Waals surface area contributed by atoms with Crippen LogP contribution >= 0.6 is 15.9 Å². The first kappa shape index (κ1) is 7.68. The Morgan fingerprint density at radius 3 is 2.92 bits per heavy atom. The average molecular weight is 226 g/mol. The van der Waals surface area contributed by atoms with Crippen molar-refractivity contribution in [2.75, 3.05) is 11.9 Å². The monoisotopic (exact) mass is 225 g/mol. The van der Waals surface area contributed by atoms with Gasteiger partial charge in [0.15, 0.2) is 0 Å². The number of nitrogens with one attached hydrogen (secondary N) is 1.